The SMILES string of the molecule is C=CCN(CC=C)C(=O)c1csc(Nc2ccccc2C)n1. The fraction of sp³-hybridized carbons (Fsp3) is 0.176. The number of nitrogens with one attached hydrogen (secondary N) is 1. The normalized spacial score (nSPS) is 10.0. The molecule has 1 heterocycles. The van der Waals surface area contributed by atoms with Gasteiger partial charge in [-0.3, -0.25) is 4.79 Å². The van der Waals surface area contributed by atoms with Crippen molar-refractivity contribution in [3.8, 4) is 0 Å². The highest BCUT2D eigenvalue weighted by Gasteiger charge is 2.17. The van der Waals surface area contributed by atoms with Gasteiger partial charge in [0.1, 0.15) is 5.69 Å². The molecule has 0 aliphatic heterocycles. The van der Waals surface area contributed by atoms with Crippen molar-refractivity contribution in [1.82, 2.24) is 9.88 Å². The van der Waals surface area contributed by atoms with E-state index in [1.807, 2.05) is 31.2 Å². The lowest BCUT2D eigenvalue weighted by Crippen LogP contribution is -2.31. The lowest BCUT2D eigenvalue weighted by atomic mass is 10.2. The van der Waals surface area contributed by atoms with Gasteiger partial charge < -0.3 is 10.2 Å². The average molecular weight is 313 g/mol. The number of hydrogen-bond donors (Lipinski definition) is 1. The van der Waals surface area contributed by atoms with Crippen molar-refractivity contribution < 1.29 is 4.79 Å². The Labute approximate surface area is 134 Å². The number of carbonyl (C=O) groups excluding carboxylic acids is 1. The molecule has 114 valence electrons. The highest BCUT2D eigenvalue weighted by Crippen LogP contribution is 2.23. The van der Waals surface area contributed by atoms with Crippen LogP contribution in [0, 0.1) is 6.92 Å². The Morgan fingerprint density at radius 2 is 2.00 bits per heavy atom. The molecule has 0 bridgehead atoms. The first-order chi connectivity index (χ1) is 10.7. The van der Waals surface area contributed by atoms with Gasteiger partial charge >= 0.3 is 0 Å². The van der Waals surface area contributed by atoms with Crippen LogP contribution in [0.4, 0.5) is 10.8 Å². The maximum Gasteiger partial charge on any atom is 0.273 e. The molecule has 5 heteroatoms. The highest BCUT2D eigenvalue weighted by atomic mass is 32.1. The summed E-state index contributed by atoms with van der Waals surface area (Å²) in [5, 5.41) is 5.72. The van der Waals surface area contributed by atoms with Gasteiger partial charge in [0.2, 0.25) is 0 Å². The summed E-state index contributed by atoms with van der Waals surface area (Å²) >= 11 is 1.41. The molecule has 1 amide bonds. The zero-order chi connectivity index (χ0) is 15.9. The number of benzene rings is 1. The number of nitrogens with zero attached hydrogens (tertiary/aromatic N) is 2. The summed E-state index contributed by atoms with van der Waals surface area (Å²) < 4.78 is 0. The number of carbonyl (C=O) groups is 1. The molecule has 1 aromatic carbocycles. The van der Waals surface area contributed by atoms with Crippen LogP contribution in [0.2, 0.25) is 0 Å². The van der Waals surface area contributed by atoms with Crippen molar-refractivity contribution in [1.29, 1.82) is 0 Å². The standard InChI is InChI=1S/C17H19N3OS/c1-4-10-20(11-5-2)16(21)15-12-22-17(19-15)18-14-9-7-6-8-13(14)3/h4-9,12H,1-2,10-11H2,3H3,(H,18,19). The zero-order valence-corrected chi connectivity index (χ0v) is 13.4. The number of hydrogen-bond acceptors (Lipinski definition) is 4. The Kier molecular flexibility index (Phi) is 5.49. The van der Waals surface area contributed by atoms with Gasteiger partial charge in [0.25, 0.3) is 5.91 Å². The minimum atomic E-state index is -0.117. The maximum absolute atomic E-state index is 12.4. The van der Waals surface area contributed by atoms with Crippen LogP contribution in [-0.4, -0.2) is 28.9 Å². The molecule has 0 unspecified atom stereocenters. The summed E-state index contributed by atoms with van der Waals surface area (Å²) in [5.74, 6) is -0.117. The van der Waals surface area contributed by atoms with E-state index in [1.165, 1.54) is 11.3 Å². The molecule has 1 aromatic heterocycles. The van der Waals surface area contributed by atoms with E-state index in [9.17, 15) is 4.79 Å². The first kappa shape index (κ1) is 16.0. The minimum Gasteiger partial charge on any atom is -0.331 e. The van der Waals surface area contributed by atoms with E-state index >= 15 is 0 Å². The number of aromatic nitrogens is 1. The maximum atomic E-state index is 12.4. The lowest BCUT2D eigenvalue weighted by Gasteiger charge is -2.17. The monoisotopic (exact) mass is 313 g/mol. The molecule has 0 saturated heterocycles. The molecule has 0 saturated carbocycles. The second-order valence-electron chi connectivity index (χ2n) is 4.77. The zero-order valence-electron chi connectivity index (χ0n) is 12.6. The smallest absolute Gasteiger partial charge is 0.273 e. The molecule has 0 radical (unpaired) electrons. The number of amides is 1. The van der Waals surface area contributed by atoms with Gasteiger partial charge in [0, 0.05) is 24.2 Å². The molecule has 2 rings (SSSR count). The molecule has 0 fully saturated rings. The van der Waals surface area contributed by atoms with Crippen LogP contribution in [-0.2, 0) is 0 Å². The van der Waals surface area contributed by atoms with E-state index in [2.05, 4.69) is 23.5 Å². The molecule has 0 atom stereocenters. The van der Waals surface area contributed by atoms with Crippen molar-refractivity contribution in [3.05, 3.63) is 66.2 Å². The van der Waals surface area contributed by atoms with Crippen LogP contribution < -0.4 is 5.32 Å². The van der Waals surface area contributed by atoms with E-state index in [-0.39, 0.29) is 5.91 Å². The predicted octanol–water partition coefficient (Wildman–Crippen LogP) is 4.01. The van der Waals surface area contributed by atoms with Crippen LogP contribution in [0.25, 0.3) is 0 Å². The van der Waals surface area contributed by atoms with E-state index in [1.54, 1.807) is 22.4 Å². The molecular formula is C17H19N3OS. The third-order valence-corrected chi connectivity index (χ3v) is 3.85. The third kappa shape index (κ3) is 3.83. The van der Waals surface area contributed by atoms with Crippen molar-refractivity contribution in [2.75, 3.05) is 18.4 Å². The fourth-order valence-corrected chi connectivity index (χ4v) is 2.67. The highest BCUT2D eigenvalue weighted by molar-refractivity contribution is 7.14. The Morgan fingerprint density at radius 3 is 2.64 bits per heavy atom. The summed E-state index contributed by atoms with van der Waals surface area (Å²) in [6, 6.07) is 7.96. The van der Waals surface area contributed by atoms with Crippen molar-refractivity contribution in [2.45, 2.75) is 6.92 Å². The summed E-state index contributed by atoms with van der Waals surface area (Å²) in [6.45, 7) is 10.3. The summed E-state index contributed by atoms with van der Waals surface area (Å²) in [6.07, 6.45) is 3.39. The largest absolute Gasteiger partial charge is 0.331 e. The number of rotatable bonds is 7. The molecular weight excluding hydrogens is 294 g/mol. The van der Waals surface area contributed by atoms with Crippen molar-refractivity contribution in [2.24, 2.45) is 0 Å². The number of para-hydroxylation sites is 1. The van der Waals surface area contributed by atoms with Gasteiger partial charge in [0.15, 0.2) is 5.13 Å². The molecule has 1 N–H and O–H groups in total. The number of anilines is 2. The van der Waals surface area contributed by atoms with Crippen molar-refractivity contribution >= 4 is 28.1 Å². The Balaban J connectivity index is 2.13. The van der Waals surface area contributed by atoms with Crippen LogP contribution in [0.1, 0.15) is 16.1 Å². The third-order valence-electron chi connectivity index (χ3n) is 3.10. The van der Waals surface area contributed by atoms with Crippen molar-refractivity contribution in [3.63, 3.8) is 0 Å². The number of aryl methyl sites for hydroxylation is 1. The van der Waals surface area contributed by atoms with Gasteiger partial charge in [0.05, 0.1) is 0 Å². The first-order valence-corrected chi connectivity index (χ1v) is 7.83. The van der Waals surface area contributed by atoms with Crippen LogP contribution in [0.3, 0.4) is 0 Å². The Morgan fingerprint density at radius 1 is 1.32 bits per heavy atom. The van der Waals surface area contributed by atoms with Crippen LogP contribution in [0.5, 0.6) is 0 Å². The van der Waals surface area contributed by atoms with Gasteiger partial charge in [-0.2, -0.15) is 0 Å². The van der Waals surface area contributed by atoms with Crippen LogP contribution >= 0.6 is 11.3 Å². The Hall–Kier alpha value is -2.40. The van der Waals surface area contributed by atoms with Crippen LogP contribution in [0.15, 0.2) is 55.0 Å². The number of thiazole rings is 1. The van der Waals surface area contributed by atoms with E-state index in [0.29, 0.717) is 23.9 Å². The first-order valence-electron chi connectivity index (χ1n) is 6.95. The lowest BCUT2D eigenvalue weighted by molar-refractivity contribution is 0.0786. The predicted molar refractivity (Wildman–Crippen MR) is 92.9 cm³/mol. The summed E-state index contributed by atoms with van der Waals surface area (Å²) in [7, 11) is 0. The second-order valence-corrected chi connectivity index (χ2v) is 5.62. The van der Waals surface area contributed by atoms with E-state index < -0.39 is 0 Å². The van der Waals surface area contributed by atoms with E-state index in [0.717, 1.165) is 11.3 Å². The van der Waals surface area contributed by atoms with E-state index in [4.69, 9.17) is 0 Å². The molecule has 0 spiro atoms. The molecule has 22 heavy (non-hydrogen) atoms. The average Bonchev–Trinajstić information content (AvgIpc) is 2.97. The summed E-state index contributed by atoms with van der Waals surface area (Å²) in [5.41, 5.74) is 2.56. The van der Waals surface area contributed by atoms with Gasteiger partial charge in [-0.25, -0.2) is 4.98 Å². The summed E-state index contributed by atoms with van der Waals surface area (Å²) in [4.78, 5) is 18.4. The molecule has 0 aliphatic carbocycles. The minimum absolute atomic E-state index is 0.117. The molecule has 2 aromatic rings. The molecule has 4 nitrogen and oxygen atoms in total. The second kappa shape index (κ2) is 7.56. The quantitative estimate of drug-likeness (QED) is 0.786. The topological polar surface area (TPSA) is 45.2 Å². The van der Waals surface area contributed by atoms with Gasteiger partial charge in [-0.05, 0) is 18.6 Å². The molecule has 0 aliphatic rings. The fourth-order valence-electron chi connectivity index (χ4n) is 1.97. The Bertz CT molecular complexity index is 668. The van der Waals surface area contributed by atoms with Gasteiger partial charge in [-0.1, -0.05) is 30.4 Å². The van der Waals surface area contributed by atoms with Gasteiger partial charge in [-0.15, -0.1) is 24.5 Å².